The van der Waals surface area contributed by atoms with E-state index in [2.05, 4.69) is 75.2 Å². The first-order chi connectivity index (χ1) is 22.5. The summed E-state index contributed by atoms with van der Waals surface area (Å²) in [6.45, 7) is 11.7. The molecule has 1 heterocycles. The average Bonchev–Trinajstić information content (AvgIpc) is 3.07. The molecule has 4 aromatic rings. The summed E-state index contributed by atoms with van der Waals surface area (Å²) < 4.78 is 24.7. The molecule has 3 atom stereocenters. The summed E-state index contributed by atoms with van der Waals surface area (Å²) >= 11 is 0. The van der Waals surface area contributed by atoms with Gasteiger partial charge in [-0.2, -0.15) is 0 Å². The molecule has 5 rings (SSSR count). The average molecular weight is 652 g/mol. The Bertz CT molecular complexity index is 1520. The number of amides is 1. The number of nitrogens with zero attached hydrogens (tertiary/aromatic N) is 1. The van der Waals surface area contributed by atoms with Crippen molar-refractivity contribution in [3.8, 4) is 11.5 Å². The minimum absolute atomic E-state index is 0.00211. The molecule has 6 nitrogen and oxygen atoms in total. The van der Waals surface area contributed by atoms with Crippen LogP contribution in [0.4, 0.5) is 0 Å². The number of methoxy groups -OCH3 is 2. The number of β-lactam (4-membered cyclic amide) rings is 1. The lowest BCUT2D eigenvalue weighted by molar-refractivity contribution is -0.192. The van der Waals surface area contributed by atoms with Gasteiger partial charge in [0.1, 0.15) is 11.5 Å². The Kier molecular flexibility index (Phi) is 10.9. The highest BCUT2D eigenvalue weighted by Crippen LogP contribution is 2.45. The van der Waals surface area contributed by atoms with E-state index in [0.29, 0.717) is 19.4 Å². The first-order valence-electron chi connectivity index (χ1n) is 16.5. The Morgan fingerprint density at radius 3 is 1.66 bits per heavy atom. The summed E-state index contributed by atoms with van der Waals surface area (Å²) in [5.41, 5.74) is 4.35. The van der Waals surface area contributed by atoms with E-state index < -0.39 is 14.4 Å². The van der Waals surface area contributed by atoms with E-state index in [4.69, 9.17) is 18.6 Å². The number of hydrogen-bond acceptors (Lipinski definition) is 5. The molecule has 1 aliphatic heterocycles. The normalized spacial score (nSPS) is 17.4. The second-order valence-electron chi connectivity index (χ2n) is 13.9. The molecule has 0 aromatic heterocycles. The monoisotopic (exact) mass is 651 g/mol. The number of hydrogen-bond donors (Lipinski definition) is 0. The van der Waals surface area contributed by atoms with Crippen LogP contribution in [0.25, 0.3) is 0 Å². The summed E-state index contributed by atoms with van der Waals surface area (Å²) in [7, 11) is 1.06. The van der Waals surface area contributed by atoms with Crippen molar-refractivity contribution in [2.75, 3.05) is 14.2 Å². The Labute approximate surface area is 281 Å². The smallest absolute Gasteiger partial charge is 0.254 e. The first-order valence-corrected chi connectivity index (χ1v) is 19.4. The molecule has 0 spiro atoms. The molecule has 1 aliphatic rings. The molecule has 4 aromatic carbocycles. The fourth-order valence-corrected chi connectivity index (χ4v) is 7.23. The largest absolute Gasteiger partial charge is 0.497 e. The Morgan fingerprint density at radius 1 is 0.702 bits per heavy atom. The predicted octanol–water partition coefficient (Wildman–Crippen LogP) is 8.42. The van der Waals surface area contributed by atoms with Gasteiger partial charge >= 0.3 is 0 Å². The van der Waals surface area contributed by atoms with Crippen molar-refractivity contribution in [2.45, 2.75) is 82.6 Å². The molecule has 0 saturated carbocycles. The Balaban J connectivity index is 1.57. The molecule has 0 bridgehead atoms. The molecule has 47 heavy (non-hydrogen) atoms. The van der Waals surface area contributed by atoms with Crippen LogP contribution in [0.2, 0.25) is 18.1 Å². The molecule has 0 unspecified atom stereocenters. The number of likely N-dealkylation sites (tertiary alicyclic amines) is 1. The molecular weight excluding hydrogens is 603 g/mol. The van der Waals surface area contributed by atoms with E-state index in [1.54, 1.807) is 14.2 Å². The van der Waals surface area contributed by atoms with Crippen LogP contribution in [0, 0.1) is 0 Å². The first kappa shape index (κ1) is 34.4. The summed E-state index contributed by atoms with van der Waals surface area (Å²) in [4.78, 5) is 16.5. The van der Waals surface area contributed by atoms with Crippen LogP contribution in [0.5, 0.6) is 11.5 Å². The van der Waals surface area contributed by atoms with Gasteiger partial charge in [-0.15, -0.1) is 0 Å². The SMILES string of the molecule is COc1ccc(CC(Cc2ccc(OC)cc2)N2C(=O)[C@H](OCc3ccccc3)[C@@H]2[C@H](O[Si](C)(C)C(C)(C)C)c2ccccc2)cc1. The lowest BCUT2D eigenvalue weighted by atomic mass is 9.84. The molecule has 248 valence electrons. The van der Waals surface area contributed by atoms with E-state index in [1.165, 1.54) is 0 Å². The van der Waals surface area contributed by atoms with Crippen molar-refractivity contribution in [3.63, 3.8) is 0 Å². The zero-order valence-corrected chi connectivity index (χ0v) is 29.8. The van der Waals surface area contributed by atoms with Crippen LogP contribution < -0.4 is 9.47 Å². The lowest BCUT2D eigenvalue weighted by Gasteiger charge is -2.55. The third kappa shape index (κ3) is 8.15. The van der Waals surface area contributed by atoms with Gasteiger partial charge in [-0.1, -0.05) is 106 Å². The number of carbonyl (C=O) groups excluding carboxylic acids is 1. The van der Waals surface area contributed by atoms with Crippen molar-refractivity contribution >= 4 is 14.2 Å². The minimum atomic E-state index is -2.29. The number of benzene rings is 4. The minimum Gasteiger partial charge on any atom is -0.497 e. The van der Waals surface area contributed by atoms with Crippen LogP contribution in [0.15, 0.2) is 109 Å². The second kappa shape index (κ2) is 14.9. The molecular formula is C40H49NO5Si. The summed E-state index contributed by atoms with van der Waals surface area (Å²) in [5.74, 6) is 1.61. The van der Waals surface area contributed by atoms with Crippen LogP contribution in [-0.4, -0.2) is 51.5 Å². The van der Waals surface area contributed by atoms with Gasteiger partial charge in [-0.05, 0) is 77.5 Å². The van der Waals surface area contributed by atoms with Crippen LogP contribution >= 0.6 is 0 Å². The third-order valence-corrected chi connectivity index (χ3v) is 14.2. The fraction of sp³-hybridized carbons (Fsp3) is 0.375. The molecule has 0 radical (unpaired) electrons. The number of rotatable bonds is 14. The van der Waals surface area contributed by atoms with Gasteiger partial charge < -0.3 is 23.5 Å². The Hall–Kier alpha value is -3.91. The van der Waals surface area contributed by atoms with Crippen molar-refractivity contribution in [1.29, 1.82) is 0 Å². The van der Waals surface area contributed by atoms with Gasteiger partial charge in [0.15, 0.2) is 14.4 Å². The lowest BCUT2D eigenvalue weighted by Crippen LogP contribution is -2.71. The molecule has 1 fully saturated rings. The molecule has 1 amide bonds. The molecule has 7 heteroatoms. The van der Waals surface area contributed by atoms with E-state index in [-0.39, 0.29) is 29.1 Å². The topological polar surface area (TPSA) is 57.2 Å². The van der Waals surface area contributed by atoms with Gasteiger partial charge in [-0.25, -0.2) is 0 Å². The second-order valence-corrected chi connectivity index (χ2v) is 18.7. The summed E-state index contributed by atoms with van der Waals surface area (Å²) in [6.07, 6.45) is 0.348. The van der Waals surface area contributed by atoms with Gasteiger partial charge in [-0.3, -0.25) is 4.79 Å². The van der Waals surface area contributed by atoms with Crippen LogP contribution in [0.1, 0.15) is 49.1 Å². The van der Waals surface area contributed by atoms with Gasteiger partial charge in [0.25, 0.3) is 5.91 Å². The van der Waals surface area contributed by atoms with Crippen LogP contribution in [0.3, 0.4) is 0 Å². The molecule has 0 N–H and O–H groups in total. The zero-order chi connectivity index (χ0) is 33.6. The molecule has 1 saturated heterocycles. The standard InChI is InChI=1S/C40H49NO5Si/c1-40(2,3)47(6,7)46-37(32-16-12-9-13-17-32)36-38(45-28-31-14-10-8-11-15-31)39(42)41(36)33(26-29-18-22-34(43-4)23-19-29)27-30-20-24-35(44-5)25-21-30/h8-25,33,36-38H,26-28H2,1-7H3/t36-,37+,38+/m0/s1. The van der Waals surface area contributed by atoms with Gasteiger partial charge in [0.2, 0.25) is 0 Å². The molecule has 0 aliphatic carbocycles. The van der Waals surface area contributed by atoms with E-state index in [9.17, 15) is 4.79 Å². The van der Waals surface area contributed by atoms with Crippen molar-refractivity contribution in [1.82, 2.24) is 4.90 Å². The number of ether oxygens (including phenoxy) is 3. The maximum atomic E-state index is 14.4. The predicted molar refractivity (Wildman–Crippen MR) is 190 cm³/mol. The van der Waals surface area contributed by atoms with Gasteiger partial charge in [0.05, 0.1) is 33.0 Å². The maximum absolute atomic E-state index is 14.4. The van der Waals surface area contributed by atoms with Crippen molar-refractivity contribution in [2.24, 2.45) is 0 Å². The quantitative estimate of drug-likeness (QED) is 0.101. The fourth-order valence-electron chi connectivity index (χ4n) is 5.97. The Morgan fingerprint density at radius 2 is 1.19 bits per heavy atom. The van der Waals surface area contributed by atoms with Gasteiger partial charge in [0, 0.05) is 6.04 Å². The highest BCUT2D eigenvalue weighted by atomic mass is 28.4. The van der Waals surface area contributed by atoms with Crippen LogP contribution in [-0.2, 0) is 33.4 Å². The van der Waals surface area contributed by atoms with E-state index in [1.807, 2.05) is 72.8 Å². The van der Waals surface area contributed by atoms with E-state index in [0.717, 1.165) is 33.8 Å². The number of carbonyl (C=O) groups is 1. The highest BCUT2D eigenvalue weighted by Gasteiger charge is 2.56. The zero-order valence-electron chi connectivity index (χ0n) is 28.8. The van der Waals surface area contributed by atoms with Crippen molar-refractivity contribution < 1.29 is 23.4 Å². The summed E-state index contributed by atoms with van der Waals surface area (Å²) in [6, 6.07) is 36.2. The maximum Gasteiger partial charge on any atom is 0.254 e. The van der Waals surface area contributed by atoms with Crippen molar-refractivity contribution in [3.05, 3.63) is 131 Å². The van der Waals surface area contributed by atoms with E-state index >= 15 is 0 Å². The highest BCUT2D eigenvalue weighted by molar-refractivity contribution is 6.74. The summed E-state index contributed by atoms with van der Waals surface area (Å²) in [5, 5.41) is -0.0232. The third-order valence-electron chi connectivity index (χ3n) is 9.72.